The van der Waals surface area contributed by atoms with E-state index in [1.807, 2.05) is 80.5 Å². The average molecular weight is 335 g/mol. The Labute approximate surface area is 147 Å². The quantitative estimate of drug-likeness (QED) is 0.794. The molecule has 1 heterocycles. The van der Waals surface area contributed by atoms with Gasteiger partial charge in [0.15, 0.2) is 5.82 Å². The van der Waals surface area contributed by atoms with Crippen molar-refractivity contribution in [3.8, 4) is 0 Å². The molecule has 3 rings (SSSR count). The molecule has 0 unspecified atom stereocenters. The van der Waals surface area contributed by atoms with Gasteiger partial charge in [0, 0.05) is 33.8 Å². The normalized spacial score (nSPS) is 10.6. The zero-order valence-electron chi connectivity index (χ0n) is 14.8. The van der Waals surface area contributed by atoms with Crippen LogP contribution in [0.3, 0.4) is 0 Å². The Morgan fingerprint density at radius 1 is 0.960 bits per heavy atom. The Balaban J connectivity index is 1.97. The van der Waals surface area contributed by atoms with Gasteiger partial charge in [0.1, 0.15) is 5.69 Å². The first-order valence-electron chi connectivity index (χ1n) is 7.98. The summed E-state index contributed by atoms with van der Waals surface area (Å²) in [5.41, 5.74) is 1.20. The van der Waals surface area contributed by atoms with Crippen LogP contribution >= 0.6 is 0 Å². The van der Waals surface area contributed by atoms with E-state index in [0.717, 1.165) is 10.8 Å². The van der Waals surface area contributed by atoms with Crippen molar-refractivity contribution < 1.29 is 4.79 Å². The van der Waals surface area contributed by atoms with Crippen molar-refractivity contribution in [2.75, 3.05) is 43.3 Å². The van der Waals surface area contributed by atoms with Crippen molar-refractivity contribution in [3.63, 3.8) is 0 Å². The van der Waals surface area contributed by atoms with Crippen LogP contribution in [0, 0.1) is 0 Å². The van der Waals surface area contributed by atoms with Crippen LogP contribution in [0.15, 0.2) is 48.7 Å². The van der Waals surface area contributed by atoms with Gasteiger partial charge in [-0.1, -0.05) is 36.4 Å². The van der Waals surface area contributed by atoms with Gasteiger partial charge < -0.3 is 15.1 Å². The number of carbonyl (C=O) groups excluding carboxylic acids is 1. The van der Waals surface area contributed by atoms with E-state index in [1.54, 1.807) is 6.20 Å². The molecule has 128 valence electrons. The summed E-state index contributed by atoms with van der Waals surface area (Å²) < 4.78 is 0. The fourth-order valence-corrected chi connectivity index (χ4v) is 2.62. The van der Waals surface area contributed by atoms with Crippen LogP contribution in [0.25, 0.3) is 10.8 Å². The average Bonchev–Trinajstić information content (AvgIpc) is 2.61. The van der Waals surface area contributed by atoms with Crippen molar-refractivity contribution in [1.29, 1.82) is 0 Å². The second-order valence-electron chi connectivity index (χ2n) is 6.18. The largest absolute Gasteiger partial charge is 0.361 e. The maximum Gasteiger partial charge on any atom is 0.256 e. The number of nitrogens with zero attached hydrogens (tertiary/aromatic N) is 4. The van der Waals surface area contributed by atoms with Gasteiger partial charge in [-0.3, -0.25) is 4.79 Å². The Morgan fingerprint density at radius 2 is 1.68 bits per heavy atom. The number of fused-ring (bicyclic) bond motifs is 1. The van der Waals surface area contributed by atoms with Crippen LogP contribution in [-0.2, 0) is 0 Å². The SMILES string of the molecule is CN(C)c1ncc(NC(=O)c2cccc3ccccc23)c(N(C)C)n1. The predicted molar refractivity (Wildman–Crippen MR) is 103 cm³/mol. The molecule has 25 heavy (non-hydrogen) atoms. The lowest BCUT2D eigenvalue weighted by atomic mass is 10.0. The van der Waals surface area contributed by atoms with Crippen LogP contribution in [0.4, 0.5) is 17.5 Å². The Kier molecular flexibility index (Phi) is 4.52. The number of aromatic nitrogens is 2. The molecule has 0 radical (unpaired) electrons. The van der Waals surface area contributed by atoms with Crippen LogP contribution < -0.4 is 15.1 Å². The summed E-state index contributed by atoms with van der Waals surface area (Å²) in [7, 11) is 7.52. The van der Waals surface area contributed by atoms with Crippen molar-refractivity contribution in [1.82, 2.24) is 9.97 Å². The number of rotatable bonds is 4. The van der Waals surface area contributed by atoms with Gasteiger partial charge in [-0.2, -0.15) is 4.98 Å². The summed E-state index contributed by atoms with van der Waals surface area (Å²) in [4.78, 5) is 25.3. The standard InChI is InChI=1S/C19H21N5O/c1-23(2)17-16(12-20-19(22-17)24(3)4)21-18(25)15-11-7-9-13-8-5-6-10-14(13)15/h5-12H,1-4H3,(H,21,25). The number of benzene rings is 2. The summed E-state index contributed by atoms with van der Waals surface area (Å²) in [6, 6.07) is 13.5. The highest BCUT2D eigenvalue weighted by Crippen LogP contribution is 2.25. The van der Waals surface area contributed by atoms with Crippen LogP contribution in [0.5, 0.6) is 0 Å². The highest BCUT2D eigenvalue weighted by atomic mass is 16.1. The number of nitrogens with one attached hydrogen (secondary N) is 1. The molecule has 0 saturated carbocycles. The molecule has 0 aliphatic heterocycles. The van der Waals surface area contributed by atoms with E-state index in [0.29, 0.717) is 23.0 Å². The maximum absolute atomic E-state index is 12.8. The zero-order chi connectivity index (χ0) is 18.0. The summed E-state index contributed by atoms with van der Waals surface area (Å²) in [5, 5.41) is 4.89. The zero-order valence-corrected chi connectivity index (χ0v) is 14.8. The van der Waals surface area contributed by atoms with Gasteiger partial charge in [0.05, 0.1) is 6.20 Å². The van der Waals surface area contributed by atoms with Gasteiger partial charge in [0.2, 0.25) is 5.95 Å². The van der Waals surface area contributed by atoms with Crippen molar-refractivity contribution in [2.24, 2.45) is 0 Å². The van der Waals surface area contributed by atoms with Crippen LogP contribution in [0.2, 0.25) is 0 Å². The monoisotopic (exact) mass is 335 g/mol. The number of hydrogen-bond donors (Lipinski definition) is 1. The van der Waals surface area contributed by atoms with Gasteiger partial charge >= 0.3 is 0 Å². The Morgan fingerprint density at radius 3 is 2.40 bits per heavy atom. The first-order valence-corrected chi connectivity index (χ1v) is 7.98. The lowest BCUT2D eigenvalue weighted by molar-refractivity contribution is 0.102. The fourth-order valence-electron chi connectivity index (χ4n) is 2.62. The summed E-state index contributed by atoms with van der Waals surface area (Å²) in [6.45, 7) is 0. The molecule has 0 aliphatic carbocycles. The molecule has 0 fully saturated rings. The number of anilines is 3. The molecular formula is C19H21N5O. The molecule has 6 nitrogen and oxygen atoms in total. The van der Waals surface area contributed by atoms with E-state index in [1.165, 1.54) is 0 Å². The first-order chi connectivity index (χ1) is 12.0. The fraction of sp³-hybridized carbons (Fsp3) is 0.211. The minimum absolute atomic E-state index is 0.180. The van der Waals surface area contributed by atoms with E-state index in [9.17, 15) is 4.79 Å². The maximum atomic E-state index is 12.8. The summed E-state index contributed by atoms with van der Waals surface area (Å²) in [5.74, 6) is 1.07. The van der Waals surface area contributed by atoms with Crippen LogP contribution in [0.1, 0.15) is 10.4 Å². The van der Waals surface area contributed by atoms with E-state index in [2.05, 4.69) is 15.3 Å². The Bertz CT molecular complexity index is 915. The topological polar surface area (TPSA) is 61.4 Å². The summed E-state index contributed by atoms with van der Waals surface area (Å²) >= 11 is 0. The molecule has 1 N–H and O–H groups in total. The molecule has 3 aromatic rings. The number of carbonyl (C=O) groups is 1. The number of hydrogen-bond acceptors (Lipinski definition) is 5. The van der Waals surface area contributed by atoms with Crippen LogP contribution in [-0.4, -0.2) is 44.1 Å². The lowest BCUT2D eigenvalue weighted by Crippen LogP contribution is -2.21. The molecule has 0 aliphatic rings. The molecule has 0 bridgehead atoms. The van der Waals surface area contributed by atoms with Crippen molar-refractivity contribution in [3.05, 3.63) is 54.2 Å². The molecule has 2 aromatic carbocycles. The van der Waals surface area contributed by atoms with Crippen molar-refractivity contribution >= 4 is 34.1 Å². The molecular weight excluding hydrogens is 314 g/mol. The smallest absolute Gasteiger partial charge is 0.256 e. The molecule has 0 spiro atoms. The first kappa shape index (κ1) is 16.7. The van der Waals surface area contributed by atoms with E-state index < -0.39 is 0 Å². The van der Waals surface area contributed by atoms with Gasteiger partial charge in [0.25, 0.3) is 5.91 Å². The highest BCUT2D eigenvalue weighted by molar-refractivity contribution is 6.13. The Hall–Kier alpha value is -3.15. The van der Waals surface area contributed by atoms with E-state index >= 15 is 0 Å². The third kappa shape index (κ3) is 3.38. The number of amides is 1. The third-order valence-electron chi connectivity index (χ3n) is 3.86. The van der Waals surface area contributed by atoms with Gasteiger partial charge in [-0.15, -0.1) is 0 Å². The molecule has 1 aromatic heterocycles. The second-order valence-corrected chi connectivity index (χ2v) is 6.18. The lowest BCUT2D eigenvalue weighted by Gasteiger charge is -2.19. The predicted octanol–water partition coefficient (Wildman–Crippen LogP) is 3.01. The molecule has 0 atom stereocenters. The molecule has 1 amide bonds. The minimum atomic E-state index is -0.180. The van der Waals surface area contributed by atoms with E-state index in [4.69, 9.17) is 0 Å². The third-order valence-corrected chi connectivity index (χ3v) is 3.86. The minimum Gasteiger partial charge on any atom is -0.361 e. The van der Waals surface area contributed by atoms with Gasteiger partial charge in [-0.25, -0.2) is 4.98 Å². The van der Waals surface area contributed by atoms with Crippen molar-refractivity contribution in [2.45, 2.75) is 0 Å². The molecule has 0 saturated heterocycles. The van der Waals surface area contributed by atoms with Gasteiger partial charge in [-0.05, 0) is 16.8 Å². The summed E-state index contributed by atoms with van der Waals surface area (Å²) in [6.07, 6.45) is 1.64. The van der Waals surface area contributed by atoms with E-state index in [-0.39, 0.29) is 5.91 Å². The molecule has 6 heteroatoms. The second kappa shape index (κ2) is 6.76. The highest BCUT2D eigenvalue weighted by Gasteiger charge is 2.15.